The first-order chi connectivity index (χ1) is 9.77. The van der Waals surface area contributed by atoms with E-state index in [0.29, 0.717) is 12.1 Å². The maximum atomic E-state index is 12.5. The van der Waals surface area contributed by atoms with Crippen LogP contribution >= 0.6 is 23.2 Å². The average Bonchev–Trinajstić information content (AvgIpc) is 2.42. The van der Waals surface area contributed by atoms with E-state index in [0.717, 1.165) is 6.42 Å². The fourth-order valence-corrected chi connectivity index (χ4v) is 2.20. The molecule has 0 atom stereocenters. The van der Waals surface area contributed by atoms with Gasteiger partial charge < -0.3 is 15.5 Å². The number of carbonyl (C=O) groups is 2. The van der Waals surface area contributed by atoms with Crippen molar-refractivity contribution in [2.24, 2.45) is 0 Å². The Labute approximate surface area is 134 Å². The SMILES string of the molecule is CCCN(CC(=O)N(C)C)C(=O)c1cc(Cl)c(N)c(Cl)c1. The van der Waals surface area contributed by atoms with Gasteiger partial charge in [0.05, 0.1) is 15.7 Å². The lowest BCUT2D eigenvalue weighted by Crippen LogP contribution is -2.40. The third-order valence-corrected chi connectivity index (χ3v) is 3.56. The molecule has 0 saturated heterocycles. The zero-order valence-corrected chi connectivity index (χ0v) is 13.8. The van der Waals surface area contributed by atoms with Gasteiger partial charge >= 0.3 is 0 Å². The van der Waals surface area contributed by atoms with Crippen LogP contribution in [0.4, 0.5) is 5.69 Å². The number of nitrogens with zero attached hydrogens (tertiary/aromatic N) is 2. The number of rotatable bonds is 5. The summed E-state index contributed by atoms with van der Waals surface area (Å²) in [4.78, 5) is 27.2. The van der Waals surface area contributed by atoms with Gasteiger partial charge in [-0.25, -0.2) is 0 Å². The van der Waals surface area contributed by atoms with E-state index in [9.17, 15) is 9.59 Å². The summed E-state index contributed by atoms with van der Waals surface area (Å²) < 4.78 is 0. The molecule has 0 aliphatic heterocycles. The smallest absolute Gasteiger partial charge is 0.254 e. The molecule has 0 aliphatic rings. The van der Waals surface area contributed by atoms with Gasteiger partial charge in [-0.05, 0) is 18.6 Å². The van der Waals surface area contributed by atoms with Crippen molar-refractivity contribution in [2.75, 3.05) is 32.9 Å². The molecule has 0 aromatic heterocycles. The van der Waals surface area contributed by atoms with Crippen LogP contribution in [0.1, 0.15) is 23.7 Å². The zero-order chi connectivity index (χ0) is 16.2. The summed E-state index contributed by atoms with van der Waals surface area (Å²) in [7, 11) is 3.29. The van der Waals surface area contributed by atoms with Gasteiger partial charge in [0.2, 0.25) is 5.91 Å². The Balaban J connectivity index is 3.03. The van der Waals surface area contributed by atoms with E-state index < -0.39 is 0 Å². The van der Waals surface area contributed by atoms with E-state index in [2.05, 4.69) is 0 Å². The molecular formula is C14H19Cl2N3O2. The van der Waals surface area contributed by atoms with Crippen LogP contribution in [0.3, 0.4) is 0 Å². The highest BCUT2D eigenvalue weighted by atomic mass is 35.5. The molecule has 2 N–H and O–H groups in total. The van der Waals surface area contributed by atoms with Gasteiger partial charge in [0.25, 0.3) is 5.91 Å². The molecule has 0 fully saturated rings. The molecule has 0 saturated carbocycles. The van der Waals surface area contributed by atoms with Crippen LogP contribution < -0.4 is 5.73 Å². The molecule has 7 heteroatoms. The molecule has 0 aliphatic carbocycles. The van der Waals surface area contributed by atoms with E-state index in [-0.39, 0.29) is 34.1 Å². The number of hydrogen-bond donors (Lipinski definition) is 1. The normalized spacial score (nSPS) is 10.3. The second-order valence-electron chi connectivity index (χ2n) is 4.87. The van der Waals surface area contributed by atoms with Gasteiger partial charge in [0, 0.05) is 26.2 Å². The third-order valence-electron chi connectivity index (χ3n) is 2.93. The number of hydrogen-bond acceptors (Lipinski definition) is 3. The number of nitrogens with two attached hydrogens (primary N) is 1. The topological polar surface area (TPSA) is 66.6 Å². The van der Waals surface area contributed by atoms with Crippen LogP contribution in [0.15, 0.2) is 12.1 Å². The van der Waals surface area contributed by atoms with Gasteiger partial charge in [0.1, 0.15) is 6.54 Å². The number of carbonyl (C=O) groups excluding carboxylic acids is 2. The molecule has 0 bridgehead atoms. The van der Waals surface area contributed by atoms with E-state index in [4.69, 9.17) is 28.9 Å². The second-order valence-corrected chi connectivity index (χ2v) is 5.68. The lowest BCUT2D eigenvalue weighted by Gasteiger charge is -2.23. The standard InChI is InChI=1S/C14H19Cl2N3O2/c1-4-5-19(8-12(20)18(2)3)14(21)9-6-10(15)13(17)11(16)7-9/h6-7H,4-5,8,17H2,1-3H3. The summed E-state index contributed by atoms with van der Waals surface area (Å²) in [5, 5.41) is 0.447. The number of amides is 2. The molecular weight excluding hydrogens is 313 g/mol. The second kappa shape index (κ2) is 7.52. The predicted octanol–water partition coefficient (Wildman–Crippen LogP) is 2.52. The molecule has 5 nitrogen and oxygen atoms in total. The summed E-state index contributed by atoms with van der Waals surface area (Å²) in [5.41, 5.74) is 6.21. The Hall–Kier alpha value is -1.46. The van der Waals surface area contributed by atoms with Crippen LogP contribution in [0.25, 0.3) is 0 Å². The van der Waals surface area contributed by atoms with Crippen LogP contribution in [0, 0.1) is 0 Å². The number of halogens is 2. The minimum atomic E-state index is -0.296. The quantitative estimate of drug-likeness (QED) is 0.843. The average molecular weight is 332 g/mol. The van der Waals surface area contributed by atoms with Crippen LogP contribution in [-0.2, 0) is 4.79 Å². The molecule has 1 aromatic rings. The molecule has 0 heterocycles. The van der Waals surface area contributed by atoms with Gasteiger partial charge in [-0.2, -0.15) is 0 Å². The first kappa shape index (κ1) is 17.6. The summed E-state index contributed by atoms with van der Waals surface area (Å²) >= 11 is 11.9. The lowest BCUT2D eigenvalue weighted by molar-refractivity contribution is -0.129. The van der Waals surface area contributed by atoms with Crippen molar-refractivity contribution in [2.45, 2.75) is 13.3 Å². The van der Waals surface area contributed by atoms with Crippen molar-refractivity contribution in [1.82, 2.24) is 9.80 Å². The van der Waals surface area contributed by atoms with Gasteiger partial charge in [-0.15, -0.1) is 0 Å². The van der Waals surface area contributed by atoms with E-state index in [1.165, 1.54) is 21.9 Å². The molecule has 0 unspecified atom stereocenters. The number of likely N-dealkylation sites (N-methyl/N-ethyl adjacent to an activating group) is 1. The number of benzene rings is 1. The fourth-order valence-electron chi connectivity index (χ4n) is 1.72. The summed E-state index contributed by atoms with van der Waals surface area (Å²) in [6, 6.07) is 2.93. The number of anilines is 1. The minimum absolute atomic E-state index is 0.0132. The van der Waals surface area contributed by atoms with Gasteiger partial charge in [-0.1, -0.05) is 30.1 Å². The van der Waals surface area contributed by atoms with E-state index in [1.54, 1.807) is 14.1 Å². The summed E-state index contributed by atoms with van der Waals surface area (Å²) in [6.07, 6.45) is 0.739. The Morgan fingerprint density at radius 1 is 1.19 bits per heavy atom. The van der Waals surface area contributed by atoms with Gasteiger partial charge in [0.15, 0.2) is 0 Å². The maximum absolute atomic E-state index is 12.5. The highest BCUT2D eigenvalue weighted by molar-refractivity contribution is 6.39. The molecule has 1 aromatic carbocycles. The van der Waals surface area contributed by atoms with Crippen molar-refractivity contribution in [3.05, 3.63) is 27.7 Å². The molecule has 0 radical (unpaired) electrons. The molecule has 1 rings (SSSR count). The van der Waals surface area contributed by atoms with Crippen LogP contribution in [0.5, 0.6) is 0 Å². The van der Waals surface area contributed by atoms with Crippen LogP contribution in [0.2, 0.25) is 10.0 Å². The highest BCUT2D eigenvalue weighted by Crippen LogP contribution is 2.29. The summed E-state index contributed by atoms with van der Waals surface area (Å²) in [6.45, 7) is 2.42. The van der Waals surface area contributed by atoms with Crippen LogP contribution in [-0.4, -0.2) is 48.8 Å². The molecule has 21 heavy (non-hydrogen) atoms. The number of nitrogen functional groups attached to an aromatic ring is 1. The zero-order valence-electron chi connectivity index (χ0n) is 12.3. The Morgan fingerprint density at radius 2 is 1.71 bits per heavy atom. The highest BCUT2D eigenvalue weighted by Gasteiger charge is 2.20. The maximum Gasteiger partial charge on any atom is 0.254 e. The molecule has 2 amide bonds. The Morgan fingerprint density at radius 3 is 2.14 bits per heavy atom. The van der Waals surface area contributed by atoms with Crippen molar-refractivity contribution < 1.29 is 9.59 Å². The Bertz CT molecular complexity index is 524. The first-order valence-electron chi connectivity index (χ1n) is 6.51. The monoisotopic (exact) mass is 331 g/mol. The summed E-state index contributed by atoms with van der Waals surface area (Å²) in [5.74, 6) is -0.444. The molecule has 116 valence electrons. The van der Waals surface area contributed by atoms with Crippen molar-refractivity contribution in [3.63, 3.8) is 0 Å². The largest absolute Gasteiger partial charge is 0.396 e. The van der Waals surface area contributed by atoms with Crippen molar-refractivity contribution >= 4 is 40.7 Å². The van der Waals surface area contributed by atoms with E-state index in [1.807, 2.05) is 6.92 Å². The predicted molar refractivity (Wildman–Crippen MR) is 85.8 cm³/mol. The third kappa shape index (κ3) is 4.51. The Kier molecular flexibility index (Phi) is 6.30. The van der Waals surface area contributed by atoms with Gasteiger partial charge in [-0.3, -0.25) is 9.59 Å². The molecule has 0 spiro atoms. The van der Waals surface area contributed by atoms with Crippen molar-refractivity contribution in [3.8, 4) is 0 Å². The first-order valence-corrected chi connectivity index (χ1v) is 7.27. The fraction of sp³-hybridized carbons (Fsp3) is 0.429. The lowest BCUT2D eigenvalue weighted by atomic mass is 10.1. The van der Waals surface area contributed by atoms with Crippen molar-refractivity contribution in [1.29, 1.82) is 0 Å². The minimum Gasteiger partial charge on any atom is -0.396 e. The van der Waals surface area contributed by atoms with E-state index >= 15 is 0 Å².